The highest BCUT2D eigenvalue weighted by atomic mass is 16.3. The van der Waals surface area contributed by atoms with E-state index in [0.29, 0.717) is 5.92 Å². The van der Waals surface area contributed by atoms with E-state index in [-0.39, 0.29) is 5.78 Å². The van der Waals surface area contributed by atoms with Gasteiger partial charge >= 0.3 is 0 Å². The van der Waals surface area contributed by atoms with Crippen molar-refractivity contribution in [2.24, 2.45) is 5.92 Å². The normalized spacial score (nSPS) is 22.8. The van der Waals surface area contributed by atoms with Crippen molar-refractivity contribution in [1.29, 1.82) is 0 Å². The van der Waals surface area contributed by atoms with E-state index in [1.165, 1.54) is 6.92 Å². The molecule has 0 heterocycles. The van der Waals surface area contributed by atoms with Crippen molar-refractivity contribution in [3.63, 3.8) is 0 Å². The average Bonchev–Trinajstić information content (AvgIpc) is 2.43. The summed E-state index contributed by atoms with van der Waals surface area (Å²) in [6, 6.07) is 0. The van der Waals surface area contributed by atoms with Crippen LogP contribution in [0.1, 0.15) is 19.8 Å². The molecular formula is C6H10O2. The molecule has 0 aromatic rings. The topological polar surface area (TPSA) is 37.3 Å². The van der Waals surface area contributed by atoms with Crippen LogP contribution in [0.3, 0.4) is 0 Å². The zero-order valence-electron chi connectivity index (χ0n) is 4.92. The van der Waals surface area contributed by atoms with Crippen LogP contribution in [-0.2, 0) is 4.79 Å². The maximum absolute atomic E-state index is 10.4. The van der Waals surface area contributed by atoms with E-state index in [9.17, 15) is 4.79 Å². The number of rotatable bonds is 2. The Bertz CT molecular complexity index is 105. The molecule has 0 bridgehead atoms. The second-order valence-corrected chi connectivity index (χ2v) is 2.39. The number of Topliss-reactive ketones (excluding diaryl/α,β-unsaturated/α-hetero) is 1. The fraction of sp³-hybridized carbons (Fsp3) is 0.833. The van der Waals surface area contributed by atoms with Gasteiger partial charge in [-0.2, -0.15) is 0 Å². The number of hydrogen-bond donors (Lipinski definition) is 1. The van der Waals surface area contributed by atoms with E-state index in [1.54, 1.807) is 0 Å². The van der Waals surface area contributed by atoms with Crippen LogP contribution in [0.5, 0.6) is 0 Å². The Labute approximate surface area is 48.5 Å². The second-order valence-electron chi connectivity index (χ2n) is 2.39. The van der Waals surface area contributed by atoms with E-state index in [2.05, 4.69) is 0 Å². The smallest absolute Gasteiger partial charge is 0.158 e. The van der Waals surface area contributed by atoms with Crippen LogP contribution in [0.2, 0.25) is 0 Å². The first kappa shape index (κ1) is 5.76. The molecule has 1 unspecified atom stereocenters. The molecule has 1 aliphatic rings. The zero-order chi connectivity index (χ0) is 6.15. The molecule has 1 atom stereocenters. The molecule has 8 heavy (non-hydrogen) atoms. The Morgan fingerprint density at radius 2 is 2.25 bits per heavy atom. The molecule has 1 fully saturated rings. The Morgan fingerprint density at radius 3 is 2.38 bits per heavy atom. The SMILES string of the molecule is CC(=O)C(O)C1CC1. The second kappa shape index (κ2) is 1.86. The molecule has 2 heteroatoms. The van der Waals surface area contributed by atoms with Gasteiger partial charge in [-0.25, -0.2) is 0 Å². The molecule has 0 aromatic carbocycles. The van der Waals surface area contributed by atoms with Crippen LogP contribution in [0, 0.1) is 5.92 Å². The van der Waals surface area contributed by atoms with Crippen molar-refractivity contribution < 1.29 is 9.90 Å². The zero-order valence-corrected chi connectivity index (χ0v) is 4.92. The van der Waals surface area contributed by atoms with Gasteiger partial charge in [0.1, 0.15) is 6.10 Å². The minimum Gasteiger partial charge on any atom is -0.385 e. The molecule has 46 valence electrons. The molecule has 0 amide bonds. The lowest BCUT2D eigenvalue weighted by Crippen LogP contribution is -2.18. The third-order valence-corrected chi connectivity index (χ3v) is 1.49. The molecule has 1 rings (SSSR count). The molecule has 0 spiro atoms. The quantitative estimate of drug-likeness (QED) is 0.562. The predicted molar refractivity (Wildman–Crippen MR) is 29.4 cm³/mol. The highest BCUT2D eigenvalue weighted by Gasteiger charge is 2.32. The predicted octanol–water partition coefficient (Wildman–Crippen LogP) is 0.346. The number of carbonyl (C=O) groups is 1. The van der Waals surface area contributed by atoms with Crippen molar-refractivity contribution in [3.8, 4) is 0 Å². The molecule has 0 aliphatic heterocycles. The van der Waals surface area contributed by atoms with Crippen LogP contribution in [0.4, 0.5) is 0 Å². The molecule has 0 aromatic heterocycles. The van der Waals surface area contributed by atoms with E-state index in [0.717, 1.165) is 12.8 Å². The Morgan fingerprint density at radius 1 is 1.75 bits per heavy atom. The third kappa shape index (κ3) is 1.07. The van der Waals surface area contributed by atoms with Gasteiger partial charge in [0.2, 0.25) is 0 Å². The first-order valence-corrected chi connectivity index (χ1v) is 2.90. The highest BCUT2D eigenvalue weighted by Crippen LogP contribution is 2.32. The van der Waals surface area contributed by atoms with E-state index < -0.39 is 6.10 Å². The molecule has 1 aliphatic carbocycles. The van der Waals surface area contributed by atoms with Crippen molar-refractivity contribution >= 4 is 5.78 Å². The van der Waals surface area contributed by atoms with Crippen LogP contribution in [-0.4, -0.2) is 17.0 Å². The first-order chi connectivity index (χ1) is 3.72. The summed E-state index contributed by atoms with van der Waals surface area (Å²) in [5, 5.41) is 8.92. The molecule has 1 saturated carbocycles. The van der Waals surface area contributed by atoms with Gasteiger partial charge < -0.3 is 5.11 Å². The number of aliphatic hydroxyl groups is 1. The van der Waals surface area contributed by atoms with Gasteiger partial charge in [0, 0.05) is 0 Å². The van der Waals surface area contributed by atoms with Crippen molar-refractivity contribution in [2.75, 3.05) is 0 Å². The Balaban J connectivity index is 2.32. The molecule has 0 radical (unpaired) electrons. The van der Waals surface area contributed by atoms with E-state index in [1.807, 2.05) is 0 Å². The van der Waals surface area contributed by atoms with E-state index in [4.69, 9.17) is 5.11 Å². The fourth-order valence-electron chi connectivity index (χ4n) is 0.744. The lowest BCUT2D eigenvalue weighted by molar-refractivity contribution is -0.125. The lowest BCUT2D eigenvalue weighted by atomic mass is 10.2. The molecule has 1 N–H and O–H groups in total. The Hall–Kier alpha value is -0.370. The van der Waals surface area contributed by atoms with Gasteiger partial charge in [0.05, 0.1) is 0 Å². The van der Waals surface area contributed by atoms with Crippen molar-refractivity contribution in [1.82, 2.24) is 0 Å². The summed E-state index contributed by atoms with van der Waals surface area (Å²) in [7, 11) is 0. The average molecular weight is 114 g/mol. The summed E-state index contributed by atoms with van der Waals surface area (Å²) in [4.78, 5) is 10.4. The minimum atomic E-state index is -0.657. The Kier molecular flexibility index (Phi) is 1.34. The van der Waals surface area contributed by atoms with Gasteiger partial charge in [0.25, 0.3) is 0 Å². The molecule has 2 nitrogen and oxygen atoms in total. The van der Waals surface area contributed by atoms with Gasteiger partial charge in [0.15, 0.2) is 5.78 Å². The minimum absolute atomic E-state index is 0.0903. The molecule has 0 saturated heterocycles. The van der Waals surface area contributed by atoms with Crippen molar-refractivity contribution in [3.05, 3.63) is 0 Å². The monoisotopic (exact) mass is 114 g/mol. The summed E-state index contributed by atoms with van der Waals surface area (Å²) >= 11 is 0. The summed E-state index contributed by atoms with van der Waals surface area (Å²) in [5.74, 6) is 0.208. The number of ketones is 1. The van der Waals surface area contributed by atoms with Gasteiger partial charge in [-0.1, -0.05) is 0 Å². The number of hydrogen-bond acceptors (Lipinski definition) is 2. The van der Waals surface area contributed by atoms with E-state index >= 15 is 0 Å². The third-order valence-electron chi connectivity index (χ3n) is 1.49. The largest absolute Gasteiger partial charge is 0.385 e. The standard InChI is InChI=1S/C6H10O2/c1-4(7)6(8)5-2-3-5/h5-6,8H,2-3H2,1H3. The number of aliphatic hydroxyl groups excluding tert-OH is 1. The van der Waals surface area contributed by atoms with Gasteiger partial charge in [-0.05, 0) is 25.7 Å². The summed E-state index contributed by atoms with van der Waals surface area (Å²) in [5.41, 5.74) is 0. The van der Waals surface area contributed by atoms with Gasteiger partial charge in [-0.3, -0.25) is 4.79 Å². The summed E-state index contributed by atoms with van der Waals surface area (Å²) in [6.07, 6.45) is 1.40. The van der Waals surface area contributed by atoms with Crippen molar-refractivity contribution in [2.45, 2.75) is 25.9 Å². The highest BCUT2D eigenvalue weighted by molar-refractivity contribution is 5.80. The summed E-state index contributed by atoms with van der Waals surface area (Å²) in [6.45, 7) is 1.43. The van der Waals surface area contributed by atoms with Gasteiger partial charge in [-0.15, -0.1) is 0 Å². The first-order valence-electron chi connectivity index (χ1n) is 2.90. The number of carbonyl (C=O) groups excluding carboxylic acids is 1. The summed E-state index contributed by atoms with van der Waals surface area (Å²) < 4.78 is 0. The van der Waals surface area contributed by atoms with Crippen LogP contribution >= 0.6 is 0 Å². The van der Waals surface area contributed by atoms with Crippen LogP contribution in [0.15, 0.2) is 0 Å². The van der Waals surface area contributed by atoms with Crippen LogP contribution < -0.4 is 0 Å². The molecular weight excluding hydrogens is 104 g/mol. The lowest BCUT2D eigenvalue weighted by Gasteiger charge is -2.00. The maximum Gasteiger partial charge on any atom is 0.158 e. The maximum atomic E-state index is 10.4. The van der Waals surface area contributed by atoms with Crippen LogP contribution in [0.25, 0.3) is 0 Å². The fourth-order valence-corrected chi connectivity index (χ4v) is 0.744.